The van der Waals surface area contributed by atoms with Gasteiger partial charge in [0.25, 0.3) is 0 Å². The number of nitrogens with zero attached hydrogens (tertiary/aromatic N) is 1. The van der Waals surface area contributed by atoms with Crippen molar-refractivity contribution in [1.29, 1.82) is 0 Å². The largest absolute Gasteiger partial charge is 0.354 e. The molecule has 162 valence electrons. The van der Waals surface area contributed by atoms with E-state index < -0.39 is 6.04 Å². The van der Waals surface area contributed by atoms with Gasteiger partial charge in [0.05, 0.1) is 16.5 Å². The maximum Gasteiger partial charge on any atom is 0.242 e. The average molecular weight is 470 g/mol. The van der Waals surface area contributed by atoms with Crippen molar-refractivity contribution in [2.75, 3.05) is 6.54 Å². The smallest absolute Gasteiger partial charge is 0.242 e. The minimum atomic E-state index is -0.573. The van der Waals surface area contributed by atoms with Crippen LogP contribution in [-0.4, -0.2) is 29.3 Å². The Balaban J connectivity index is 2.26. The molecule has 4 nitrogen and oxygen atoms in total. The summed E-state index contributed by atoms with van der Waals surface area (Å²) in [5.41, 5.74) is 1.65. The Labute approximate surface area is 193 Å². The molecule has 0 heterocycles. The van der Waals surface area contributed by atoms with E-state index in [9.17, 15) is 9.59 Å². The fourth-order valence-corrected chi connectivity index (χ4v) is 3.59. The molecule has 1 atom stereocenters. The number of halogens is 3. The summed E-state index contributed by atoms with van der Waals surface area (Å²) >= 11 is 18.1. The predicted molar refractivity (Wildman–Crippen MR) is 124 cm³/mol. The summed E-state index contributed by atoms with van der Waals surface area (Å²) in [5.74, 6) is -0.281. The lowest BCUT2D eigenvalue weighted by Crippen LogP contribution is -2.49. The van der Waals surface area contributed by atoms with Crippen LogP contribution in [0.2, 0.25) is 15.1 Å². The second-order valence-electron chi connectivity index (χ2n) is 7.14. The number of benzene rings is 2. The number of nitrogens with one attached hydrogen (secondary N) is 1. The van der Waals surface area contributed by atoms with Crippen molar-refractivity contribution in [2.24, 2.45) is 0 Å². The Hall–Kier alpha value is -1.75. The molecule has 0 saturated carbocycles. The number of hydrogen-bond donors (Lipinski definition) is 1. The van der Waals surface area contributed by atoms with E-state index in [2.05, 4.69) is 12.2 Å². The van der Waals surface area contributed by atoms with Gasteiger partial charge >= 0.3 is 0 Å². The molecule has 0 aliphatic carbocycles. The van der Waals surface area contributed by atoms with Crippen LogP contribution in [0.25, 0.3) is 0 Å². The van der Waals surface area contributed by atoms with Gasteiger partial charge in [0.2, 0.25) is 11.8 Å². The van der Waals surface area contributed by atoms with Gasteiger partial charge in [-0.05, 0) is 48.2 Å². The number of carbonyl (C=O) groups excluding carboxylic acids is 2. The van der Waals surface area contributed by atoms with E-state index in [1.165, 1.54) is 0 Å². The summed E-state index contributed by atoms with van der Waals surface area (Å²) in [6.07, 6.45) is 2.57. The van der Waals surface area contributed by atoms with Crippen molar-refractivity contribution in [3.8, 4) is 0 Å². The summed E-state index contributed by atoms with van der Waals surface area (Å²) < 4.78 is 0. The van der Waals surface area contributed by atoms with Crippen molar-refractivity contribution < 1.29 is 9.59 Å². The number of amides is 2. The average Bonchev–Trinajstić information content (AvgIpc) is 2.72. The normalized spacial score (nSPS) is 11.8. The Kier molecular flexibility index (Phi) is 9.96. The van der Waals surface area contributed by atoms with E-state index >= 15 is 0 Å². The van der Waals surface area contributed by atoms with Gasteiger partial charge < -0.3 is 10.2 Å². The molecule has 0 aliphatic heterocycles. The first-order valence-electron chi connectivity index (χ1n) is 10.1. The zero-order valence-electron chi connectivity index (χ0n) is 17.3. The third kappa shape index (κ3) is 7.19. The molecule has 1 unspecified atom stereocenters. The SMILES string of the molecule is CCCCNC(=O)C(CC)N(Cc1ccc(Cl)c(Cl)c1)C(=O)Cc1ccc(Cl)cc1. The fourth-order valence-electron chi connectivity index (χ4n) is 3.14. The minimum Gasteiger partial charge on any atom is -0.354 e. The monoisotopic (exact) mass is 468 g/mol. The summed E-state index contributed by atoms with van der Waals surface area (Å²) in [7, 11) is 0. The summed E-state index contributed by atoms with van der Waals surface area (Å²) in [6.45, 7) is 4.83. The van der Waals surface area contributed by atoms with Gasteiger partial charge in [-0.1, -0.05) is 73.3 Å². The molecular weight excluding hydrogens is 443 g/mol. The molecule has 1 N–H and O–H groups in total. The summed E-state index contributed by atoms with van der Waals surface area (Å²) in [6, 6.07) is 11.8. The van der Waals surface area contributed by atoms with Crippen LogP contribution in [0.3, 0.4) is 0 Å². The summed E-state index contributed by atoms with van der Waals surface area (Å²) in [5, 5.41) is 4.43. The van der Waals surface area contributed by atoms with Crippen molar-refractivity contribution >= 4 is 46.6 Å². The van der Waals surface area contributed by atoms with Crippen LogP contribution in [0.15, 0.2) is 42.5 Å². The molecule has 0 saturated heterocycles. The van der Waals surface area contributed by atoms with E-state index in [0.29, 0.717) is 28.0 Å². The molecule has 0 fully saturated rings. The first kappa shape index (κ1) is 24.5. The van der Waals surface area contributed by atoms with Crippen LogP contribution in [0.1, 0.15) is 44.2 Å². The molecule has 2 aromatic rings. The molecule has 0 spiro atoms. The first-order chi connectivity index (χ1) is 14.3. The van der Waals surface area contributed by atoms with E-state index in [1.807, 2.05) is 25.1 Å². The molecular formula is C23H27Cl3N2O2. The predicted octanol–water partition coefficient (Wildman–Crippen LogP) is 5.91. The van der Waals surface area contributed by atoms with Gasteiger partial charge in [-0.25, -0.2) is 0 Å². The molecule has 0 aromatic heterocycles. The topological polar surface area (TPSA) is 49.4 Å². The molecule has 0 aliphatic rings. The molecule has 2 amide bonds. The highest BCUT2D eigenvalue weighted by Crippen LogP contribution is 2.24. The van der Waals surface area contributed by atoms with Crippen LogP contribution >= 0.6 is 34.8 Å². The second-order valence-corrected chi connectivity index (χ2v) is 8.39. The van der Waals surface area contributed by atoms with Crippen molar-refractivity contribution in [1.82, 2.24) is 10.2 Å². The van der Waals surface area contributed by atoms with Crippen LogP contribution < -0.4 is 5.32 Å². The Bertz CT molecular complexity index is 856. The lowest BCUT2D eigenvalue weighted by Gasteiger charge is -2.31. The number of carbonyl (C=O) groups is 2. The molecule has 2 aromatic carbocycles. The van der Waals surface area contributed by atoms with Crippen LogP contribution in [0.5, 0.6) is 0 Å². The lowest BCUT2D eigenvalue weighted by molar-refractivity contribution is -0.140. The number of unbranched alkanes of at least 4 members (excludes halogenated alkanes) is 1. The Morgan fingerprint density at radius 1 is 0.967 bits per heavy atom. The third-order valence-electron chi connectivity index (χ3n) is 4.82. The second kappa shape index (κ2) is 12.2. The quantitative estimate of drug-likeness (QED) is 0.440. The number of rotatable bonds is 10. The molecule has 0 radical (unpaired) electrons. The fraction of sp³-hybridized carbons (Fsp3) is 0.391. The van der Waals surface area contributed by atoms with Crippen molar-refractivity contribution in [2.45, 2.75) is 52.1 Å². The van der Waals surface area contributed by atoms with E-state index in [4.69, 9.17) is 34.8 Å². The Morgan fingerprint density at radius 3 is 2.23 bits per heavy atom. The third-order valence-corrected chi connectivity index (χ3v) is 5.81. The molecule has 2 rings (SSSR count). The highest BCUT2D eigenvalue weighted by atomic mass is 35.5. The van der Waals surface area contributed by atoms with Crippen molar-refractivity contribution in [3.63, 3.8) is 0 Å². The lowest BCUT2D eigenvalue weighted by atomic mass is 10.1. The van der Waals surface area contributed by atoms with Gasteiger partial charge in [-0.15, -0.1) is 0 Å². The standard InChI is InChI=1S/C23H27Cl3N2O2/c1-3-5-12-27-23(30)21(4-2)28(15-17-8-11-19(25)20(26)13-17)22(29)14-16-6-9-18(24)10-7-16/h6-11,13,21H,3-5,12,14-15H2,1-2H3,(H,27,30). The van der Waals surface area contributed by atoms with E-state index in [-0.39, 0.29) is 24.8 Å². The first-order valence-corrected chi connectivity index (χ1v) is 11.2. The van der Waals surface area contributed by atoms with Gasteiger partial charge in [0.1, 0.15) is 6.04 Å². The zero-order valence-corrected chi connectivity index (χ0v) is 19.5. The number of hydrogen-bond acceptors (Lipinski definition) is 2. The molecule has 7 heteroatoms. The summed E-state index contributed by atoms with van der Waals surface area (Å²) in [4.78, 5) is 27.7. The molecule has 0 bridgehead atoms. The van der Waals surface area contributed by atoms with Crippen molar-refractivity contribution in [3.05, 3.63) is 68.7 Å². The highest BCUT2D eigenvalue weighted by Gasteiger charge is 2.28. The van der Waals surface area contributed by atoms with E-state index in [0.717, 1.165) is 24.0 Å². The zero-order chi connectivity index (χ0) is 22.1. The maximum absolute atomic E-state index is 13.2. The van der Waals surface area contributed by atoms with Crippen LogP contribution in [0.4, 0.5) is 0 Å². The molecule has 30 heavy (non-hydrogen) atoms. The van der Waals surface area contributed by atoms with Crippen LogP contribution in [-0.2, 0) is 22.6 Å². The van der Waals surface area contributed by atoms with Gasteiger partial charge in [0.15, 0.2) is 0 Å². The Morgan fingerprint density at radius 2 is 1.63 bits per heavy atom. The van der Waals surface area contributed by atoms with Crippen LogP contribution in [0, 0.1) is 0 Å². The van der Waals surface area contributed by atoms with Gasteiger partial charge in [-0.3, -0.25) is 9.59 Å². The van der Waals surface area contributed by atoms with Gasteiger partial charge in [0, 0.05) is 18.1 Å². The maximum atomic E-state index is 13.2. The minimum absolute atomic E-state index is 0.138. The van der Waals surface area contributed by atoms with Gasteiger partial charge in [-0.2, -0.15) is 0 Å². The van der Waals surface area contributed by atoms with E-state index in [1.54, 1.807) is 29.2 Å². The highest BCUT2D eigenvalue weighted by molar-refractivity contribution is 6.42.